The fourth-order valence-electron chi connectivity index (χ4n) is 3.22. The van der Waals surface area contributed by atoms with E-state index in [4.69, 9.17) is 4.74 Å². The number of benzene rings is 1. The molecule has 7 heteroatoms. The number of morpholine rings is 1. The van der Waals surface area contributed by atoms with Crippen LogP contribution in [0.2, 0.25) is 0 Å². The number of rotatable bonds is 6. The van der Waals surface area contributed by atoms with Crippen molar-refractivity contribution < 1.29 is 9.84 Å². The van der Waals surface area contributed by atoms with Crippen LogP contribution >= 0.6 is 0 Å². The molecule has 2 atom stereocenters. The molecule has 7 nitrogen and oxygen atoms in total. The first-order chi connectivity index (χ1) is 13.2. The zero-order valence-electron chi connectivity index (χ0n) is 16.1. The summed E-state index contributed by atoms with van der Waals surface area (Å²) in [5, 5.41) is 17.9. The van der Waals surface area contributed by atoms with Gasteiger partial charge in [-0.15, -0.1) is 0 Å². The molecule has 1 aromatic carbocycles. The van der Waals surface area contributed by atoms with Crippen molar-refractivity contribution in [2.75, 3.05) is 32.8 Å². The Bertz CT molecular complexity index is 731. The van der Waals surface area contributed by atoms with Gasteiger partial charge in [-0.3, -0.25) is 9.67 Å². The van der Waals surface area contributed by atoms with Crippen LogP contribution in [-0.4, -0.2) is 64.6 Å². The summed E-state index contributed by atoms with van der Waals surface area (Å²) >= 11 is 0. The number of nitrogens with zero attached hydrogens (tertiary/aromatic N) is 4. The van der Waals surface area contributed by atoms with E-state index in [0.29, 0.717) is 26.1 Å². The molecule has 1 fully saturated rings. The van der Waals surface area contributed by atoms with Crippen LogP contribution in [0.5, 0.6) is 0 Å². The number of aromatic nitrogens is 2. The van der Waals surface area contributed by atoms with Crippen molar-refractivity contribution >= 4 is 5.96 Å². The third kappa shape index (κ3) is 5.55. The van der Waals surface area contributed by atoms with Crippen LogP contribution in [-0.2, 0) is 18.2 Å². The quantitative estimate of drug-likeness (QED) is 0.592. The number of aliphatic imine (C=N–C) groups is 1. The molecule has 2 unspecified atom stereocenters. The summed E-state index contributed by atoms with van der Waals surface area (Å²) < 4.78 is 7.70. The first-order valence-electron chi connectivity index (χ1n) is 9.51. The fourth-order valence-corrected chi connectivity index (χ4v) is 3.22. The standard InChI is InChI=1S/C20H29N5O2/c1-3-21-20(22-13-18(26)11-16-7-5-4-6-8-16)25-9-10-27-19(15-25)17-12-23-24(2)14-17/h4-8,12,14,18-19,26H,3,9-11,13,15H2,1-2H3,(H,21,22). The van der Waals surface area contributed by atoms with E-state index in [2.05, 4.69) is 27.2 Å². The van der Waals surface area contributed by atoms with Gasteiger partial charge in [-0.2, -0.15) is 5.10 Å². The maximum Gasteiger partial charge on any atom is 0.194 e. The first-order valence-corrected chi connectivity index (χ1v) is 9.51. The summed E-state index contributed by atoms with van der Waals surface area (Å²) in [5.74, 6) is 0.821. The molecule has 0 saturated carbocycles. The third-order valence-corrected chi connectivity index (χ3v) is 4.56. The Hall–Kier alpha value is -2.38. The Morgan fingerprint density at radius 2 is 2.22 bits per heavy atom. The van der Waals surface area contributed by atoms with Crippen molar-refractivity contribution in [3.63, 3.8) is 0 Å². The van der Waals surface area contributed by atoms with Crippen molar-refractivity contribution in [1.29, 1.82) is 0 Å². The molecule has 1 aromatic heterocycles. The van der Waals surface area contributed by atoms with E-state index in [9.17, 15) is 5.11 Å². The van der Waals surface area contributed by atoms with Crippen LogP contribution in [0.1, 0.15) is 24.2 Å². The Balaban J connectivity index is 1.62. The number of hydrogen-bond donors (Lipinski definition) is 2. The Morgan fingerprint density at radius 1 is 1.41 bits per heavy atom. The molecule has 3 rings (SSSR count). The molecule has 0 radical (unpaired) electrons. The van der Waals surface area contributed by atoms with E-state index in [1.165, 1.54) is 0 Å². The predicted octanol–water partition coefficient (Wildman–Crippen LogP) is 1.36. The van der Waals surface area contributed by atoms with Crippen molar-refractivity contribution in [1.82, 2.24) is 20.0 Å². The van der Waals surface area contributed by atoms with E-state index in [0.717, 1.165) is 30.2 Å². The lowest BCUT2D eigenvalue weighted by molar-refractivity contribution is -0.00810. The number of guanidine groups is 1. The molecule has 1 saturated heterocycles. The molecule has 0 aliphatic carbocycles. The molecule has 1 aliphatic rings. The minimum absolute atomic E-state index is 0.0226. The van der Waals surface area contributed by atoms with Crippen molar-refractivity contribution in [2.45, 2.75) is 25.6 Å². The van der Waals surface area contributed by atoms with E-state index in [1.54, 1.807) is 4.68 Å². The molecular formula is C20H29N5O2. The average Bonchev–Trinajstić information content (AvgIpc) is 3.12. The van der Waals surface area contributed by atoms with Crippen LogP contribution in [0.3, 0.4) is 0 Å². The third-order valence-electron chi connectivity index (χ3n) is 4.56. The van der Waals surface area contributed by atoms with Gasteiger partial charge in [0.25, 0.3) is 0 Å². The smallest absolute Gasteiger partial charge is 0.194 e. The van der Waals surface area contributed by atoms with Gasteiger partial charge in [0.05, 0.1) is 32.0 Å². The topological polar surface area (TPSA) is 74.9 Å². The summed E-state index contributed by atoms with van der Waals surface area (Å²) in [7, 11) is 1.91. The van der Waals surface area contributed by atoms with Gasteiger partial charge >= 0.3 is 0 Å². The van der Waals surface area contributed by atoms with Gasteiger partial charge in [0.2, 0.25) is 0 Å². The van der Waals surface area contributed by atoms with Crippen LogP contribution < -0.4 is 5.32 Å². The highest BCUT2D eigenvalue weighted by atomic mass is 16.5. The lowest BCUT2D eigenvalue weighted by Gasteiger charge is -2.35. The van der Waals surface area contributed by atoms with Crippen molar-refractivity contribution in [3.05, 3.63) is 53.9 Å². The Morgan fingerprint density at radius 3 is 2.93 bits per heavy atom. The molecule has 2 aromatic rings. The minimum Gasteiger partial charge on any atom is -0.391 e. The lowest BCUT2D eigenvalue weighted by atomic mass is 10.1. The molecule has 0 spiro atoms. The summed E-state index contributed by atoms with van der Waals surface area (Å²) in [5.41, 5.74) is 2.19. The number of aliphatic hydroxyl groups is 1. The summed E-state index contributed by atoms with van der Waals surface area (Å²) in [6.07, 6.45) is 3.91. The number of hydrogen-bond acceptors (Lipinski definition) is 4. The Labute approximate surface area is 160 Å². The average molecular weight is 371 g/mol. The highest BCUT2D eigenvalue weighted by Crippen LogP contribution is 2.21. The van der Waals surface area contributed by atoms with Crippen molar-refractivity contribution in [3.8, 4) is 0 Å². The van der Waals surface area contributed by atoms with Crippen LogP contribution in [0.4, 0.5) is 0 Å². The lowest BCUT2D eigenvalue weighted by Crippen LogP contribution is -2.48. The molecule has 2 heterocycles. The second-order valence-electron chi connectivity index (χ2n) is 6.79. The number of ether oxygens (including phenoxy) is 1. The summed E-state index contributed by atoms with van der Waals surface area (Å²) in [6.45, 7) is 5.32. The zero-order valence-corrected chi connectivity index (χ0v) is 16.1. The van der Waals surface area contributed by atoms with E-state index in [-0.39, 0.29) is 6.10 Å². The molecule has 27 heavy (non-hydrogen) atoms. The monoisotopic (exact) mass is 371 g/mol. The predicted molar refractivity (Wildman–Crippen MR) is 106 cm³/mol. The molecular weight excluding hydrogens is 342 g/mol. The summed E-state index contributed by atoms with van der Waals surface area (Å²) in [4.78, 5) is 6.87. The highest BCUT2D eigenvalue weighted by Gasteiger charge is 2.25. The van der Waals surface area contributed by atoms with Gasteiger partial charge < -0.3 is 20.1 Å². The second kappa shape index (κ2) is 9.53. The van der Waals surface area contributed by atoms with Crippen LogP contribution in [0.25, 0.3) is 0 Å². The maximum absolute atomic E-state index is 10.4. The number of nitrogens with one attached hydrogen (secondary N) is 1. The van der Waals surface area contributed by atoms with Gasteiger partial charge in [-0.1, -0.05) is 30.3 Å². The number of aryl methyl sites for hydroxylation is 1. The van der Waals surface area contributed by atoms with E-state index >= 15 is 0 Å². The molecule has 0 amide bonds. The first kappa shape index (κ1) is 19.4. The van der Waals surface area contributed by atoms with E-state index in [1.807, 2.05) is 49.8 Å². The molecule has 2 N–H and O–H groups in total. The normalized spacial score (nSPS) is 19.1. The van der Waals surface area contributed by atoms with Gasteiger partial charge in [-0.05, 0) is 12.5 Å². The number of aliphatic hydroxyl groups excluding tert-OH is 1. The highest BCUT2D eigenvalue weighted by molar-refractivity contribution is 5.80. The Kier molecular flexibility index (Phi) is 6.84. The minimum atomic E-state index is -0.504. The molecule has 1 aliphatic heterocycles. The maximum atomic E-state index is 10.4. The summed E-state index contributed by atoms with van der Waals surface area (Å²) in [6, 6.07) is 10.0. The van der Waals surface area contributed by atoms with Gasteiger partial charge in [0.15, 0.2) is 5.96 Å². The van der Waals surface area contributed by atoms with Crippen LogP contribution in [0.15, 0.2) is 47.7 Å². The molecule has 146 valence electrons. The van der Waals surface area contributed by atoms with Crippen molar-refractivity contribution in [2.24, 2.45) is 12.0 Å². The second-order valence-corrected chi connectivity index (χ2v) is 6.79. The van der Waals surface area contributed by atoms with Crippen LogP contribution in [0, 0.1) is 0 Å². The largest absolute Gasteiger partial charge is 0.391 e. The van der Waals surface area contributed by atoms with Gasteiger partial charge in [0, 0.05) is 38.3 Å². The fraction of sp³-hybridized carbons (Fsp3) is 0.500. The van der Waals surface area contributed by atoms with Gasteiger partial charge in [-0.25, -0.2) is 0 Å². The molecule has 0 bridgehead atoms. The van der Waals surface area contributed by atoms with E-state index < -0.39 is 6.10 Å². The zero-order chi connectivity index (χ0) is 19.1. The SMILES string of the molecule is CCNC(=NCC(O)Cc1ccccc1)N1CCOC(c2cnn(C)c2)C1. The van der Waals surface area contributed by atoms with Gasteiger partial charge in [0.1, 0.15) is 6.10 Å².